The smallest absolute Gasteiger partial charge is 0.254 e. The van der Waals surface area contributed by atoms with Crippen molar-refractivity contribution >= 4 is 17.5 Å². The van der Waals surface area contributed by atoms with Gasteiger partial charge in [-0.1, -0.05) is 62.4 Å². The van der Waals surface area contributed by atoms with Gasteiger partial charge in [0.25, 0.3) is 11.8 Å². The Hall–Kier alpha value is -2.75. The highest BCUT2D eigenvalue weighted by molar-refractivity contribution is 6.08. The van der Waals surface area contributed by atoms with Crippen molar-refractivity contribution in [1.29, 1.82) is 0 Å². The SMILES string of the molecule is C/C(CC(C)C)=N\N1C(=O)C2C3c4ccccc4C(c4ccccc43)C2C1=O. The minimum Gasteiger partial charge on any atom is -0.272 e. The van der Waals surface area contributed by atoms with Gasteiger partial charge in [0, 0.05) is 17.5 Å². The number of hydrogen-bond donors (Lipinski definition) is 0. The monoisotopic (exact) mass is 372 g/mol. The summed E-state index contributed by atoms with van der Waals surface area (Å²) in [5.74, 6) is -0.678. The molecule has 0 radical (unpaired) electrons. The molecule has 4 aliphatic rings. The van der Waals surface area contributed by atoms with Crippen molar-refractivity contribution in [2.75, 3.05) is 0 Å². The van der Waals surface area contributed by atoms with E-state index in [0.717, 1.165) is 12.1 Å². The first-order valence-corrected chi connectivity index (χ1v) is 10.1. The van der Waals surface area contributed by atoms with Gasteiger partial charge in [0.2, 0.25) is 0 Å². The Morgan fingerprint density at radius 1 is 0.857 bits per heavy atom. The summed E-state index contributed by atoms with van der Waals surface area (Å²) in [4.78, 5) is 26.8. The van der Waals surface area contributed by atoms with E-state index in [2.05, 4.69) is 43.2 Å². The van der Waals surface area contributed by atoms with E-state index in [1.54, 1.807) is 0 Å². The van der Waals surface area contributed by atoms with Crippen LogP contribution in [0.2, 0.25) is 0 Å². The fourth-order valence-electron chi connectivity index (χ4n) is 5.56. The molecule has 2 aromatic rings. The lowest BCUT2D eigenvalue weighted by Crippen LogP contribution is -2.41. The number of carbonyl (C=O) groups excluding carboxylic acids is 2. The summed E-state index contributed by atoms with van der Waals surface area (Å²) in [7, 11) is 0. The summed E-state index contributed by atoms with van der Waals surface area (Å²) in [6, 6.07) is 16.6. The molecule has 1 aliphatic heterocycles. The average molecular weight is 372 g/mol. The second-order valence-corrected chi connectivity index (χ2v) is 8.69. The van der Waals surface area contributed by atoms with Crippen LogP contribution in [-0.2, 0) is 9.59 Å². The van der Waals surface area contributed by atoms with Crippen molar-refractivity contribution in [1.82, 2.24) is 5.01 Å². The third-order valence-electron chi connectivity index (χ3n) is 6.40. The van der Waals surface area contributed by atoms with Crippen molar-refractivity contribution in [3.8, 4) is 0 Å². The highest BCUT2D eigenvalue weighted by Crippen LogP contribution is 2.60. The average Bonchev–Trinajstić information content (AvgIpc) is 2.93. The molecule has 1 fully saturated rings. The standard InChI is InChI=1S/C24H24N2O2/c1-13(2)12-14(3)25-26-23(27)21-19-15-8-4-5-9-16(15)20(22(21)24(26)28)18-11-7-6-10-17(18)19/h4-11,13,19-22H,12H2,1-3H3/b25-14+. The maximum absolute atomic E-state index is 13.4. The van der Waals surface area contributed by atoms with E-state index in [4.69, 9.17) is 0 Å². The van der Waals surface area contributed by atoms with Gasteiger partial charge in [0.15, 0.2) is 0 Å². The van der Waals surface area contributed by atoms with E-state index < -0.39 is 0 Å². The van der Waals surface area contributed by atoms with Gasteiger partial charge in [-0.25, -0.2) is 0 Å². The highest BCUT2D eigenvalue weighted by atomic mass is 16.2. The van der Waals surface area contributed by atoms with Gasteiger partial charge < -0.3 is 0 Å². The lowest BCUT2D eigenvalue weighted by atomic mass is 9.55. The normalized spacial score (nSPS) is 27.9. The van der Waals surface area contributed by atoms with Crippen LogP contribution in [0.4, 0.5) is 0 Å². The largest absolute Gasteiger partial charge is 0.272 e. The number of benzene rings is 2. The van der Waals surface area contributed by atoms with E-state index in [0.29, 0.717) is 5.92 Å². The summed E-state index contributed by atoms with van der Waals surface area (Å²) in [6.45, 7) is 6.13. The first-order chi connectivity index (χ1) is 13.5. The predicted molar refractivity (Wildman–Crippen MR) is 108 cm³/mol. The molecule has 4 nitrogen and oxygen atoms in total. The number of hydrazone groups is 1. The predicted octanol–water partition coefficient (Wildman–Crippen LogP) is 4.30. The van der Waals surface area contributed by atoms with Gasteiger partial charge in [-0.2, -0.15) is 10.1 Å². The lowest BCUT2D eigenvalue weighted by molar-refractivity contribution is -0.140. The Kier molecular flexibility index (Phi) is 3.80. The maximum atomic E-state index is 13.4. The molecule has 2 amide bonds. The maximum Gasteiger partial charge on any atom is 0.254 e. The molecule has 142 valence electrons. The molecule has 0 N–H and O–H groups in total. The summed E-state index contributed by atoms with van der Waals surface area (Å²) >= 11 is 0. The summed E-state index contributed by atoms with van der Waals surface area (Å²) in [5, 5.41) is 5.66. The van der Waals surface area contributed by atoms with Crippen LogP contribution in [-0.4, -0.2) is 22.5 Å². The molecule has 2 bridgehead atoms. The third-order valence-corrected chi connectivity index (χ3v) is 6.40. The molecule has 28 heavy (non-hydrogen) atoms. The second-order valence-electron chi connectivity index (χ2n) is 8.69. The van der Waals surface area contributed by atoms with Crippen molar-refractivity contribution < 1.29 is 9.59 Å². The Morgan fingerprint density at radius 3 is 1.61 bits per heavy atom. The molecule has 0 aromatic heterocycles. The lowest BCUT2D eigenvalue weighted by Gasteiger charge is -2.45. The number of amides is 2. The summed E-state index contributed by atoms with van der Waals surface area (Å²) < 4.78 is 0. The van der Waals surface area contributed by atoms with Crippen molar-refractivity contribution in [2.45, 2.75) is 39.0 Å². The zero-order chi connectivity index (χ0) is 19.6. The summed E-state index contributed by atoms with van der Waals surface area (Å²) in [5.41, 5.74) is 5.60. The van der Waals surface area contributed by atoms with Crippen molar-refractivity contribution in [3.05, 3.63) is 70.8 Å². The molecule has 2 atom stereocenters. The first kappa shape index (κ1) is 17.4. The molecular weight excluding hydrogens is 348 g/mol. The first-order valence-electron chi connectivity index (χ1n) is 10.1. The van der Waals surface area contributed by atoms with Crippen molar-refractivity contribution in [3.63, 3.8) is 0 Å². The third kappa shape index (κ3) is 2.27. The number of hydrogen-bond acceptors (Lipinski definition) is 3. The Morgan fingerprint density at radius 2 is 1.25 bits per heavy atom. The molecule has 6 rings (SSSR count). The number of rotatable bonds is 3. The minimum absolute atomic E-state index is 0.0653. The molecule has 0 spiro atoms. The number of carbonyl (C=O) groups is 2. The molecule has 2 unspecified atom stereocenters. The van der Waals surface area contributed by atoms with Gasteiger partial charge in [0.1, 0.15) is 0 Å². The number of nitrogens with zero attached hydrogens (tertiary/aromatic N) is 2. The molecule has 1 saturated heterocycles. The van der Waals surface area contributed by atoms with E-state index in [1.807, 2.05) is 31.2 Å². The molecule has 0 saturated carbocycles. The second kappa shape index (κ2) is 6.13. The van der Waals surface area contributed by atoms with Gasteiger partial charge in [-0.05, 0) is 41.5 Å². The van der Waals surface area contributed by atoms with Gasteiger partial charge >= 0.3 is 0 Å². The van der Waals surface area contributed by atoms with E-state index >= 15 is 0 Å². The van der Waals surface area contributed by atoms with Crippen LogP contribution >= 0.6 is 0 Å². The van der Waals surface area contributed by atoms with E-state index in [-0.39, 0.29) is 35.5 Å². The summed E-state index contributed by atoms with van der Waals surface area (Å²) in [6.07, 6.45) is 0.777. The molecule has 1 heterocycles. The van der Waals surface area contributed by atoms with Crippen LogP contribution in [0.5, 0.6) is 0 Å². The van der Waals surface area contributed by atoms with Gasteiger partial charge in [-0.3, -0.25) is 9.59 Å². The van der Waals surface area contributed by atoms with Crippen LogP contribution in [0.25, 0.3) is 0 Å². The van der Waals surface area contributed by atoms with Gasteiger partial charge in [-0.15, -0.1) is 0 Å². The minimum atomic E-state index is -0.349. The Balaban J connectivity index is 1.65. The Labute approximate surface area is 165 Å². The van der Waals surface area contributed by atoms with Crippen LogP contribution in [0.15, 0.2) is 53.6 Å². The molecule has 2 aromatic carbocycles. The fourth-order valence-corrected chi connectivity index (χ4v) is 5.56. The fraction of sp³-hybridized carbons (Fsp3) is 0.375. The van der Waals surface area contributed by atoms with Crippen molar-refractivity contribution in [2.24, 2.45) is 22.9 Å². The van der Waals surface area contributed by atoms with E-state index in [1.165, 1.54) is 27.3 Å². The van der Waals surface area contributed by atoms with Crippen LogP contribution in [0, 0.1) is 17.8 Å². The zero-order valence-electron chi connectivity index (χ0n) is 16.4. The van der Waals surface area contributed by atoms with Crippen LogP contribution < -0.4 is 0 Å². The van der Waals surface area contributed by atoms with Crippen LogP contribution in [0.1, 0.15) is 61.3 Å². The molecular formula is C24H24N2O2. The topological polar surface area (TPSA) is 49.7 Å². The van der Waals surface area contributed by atoms with Gasteiger partial charge in [0.05, 0.1) is 11.8 Å². The quantitative estimate of drug-likeness (QED) is 0.596. The van der Waals surface area contributed by atoms with Crippen LogP contribution in [0.3, 0.4) is 0 Å². The van der Waals surface area contributed by atoms with E-state index in [9.17, 15) is 9.59 Å². The molecule has 3 aliphatic carbocycles. The zero-order valence-corrected chi connectivity index (χ0v) is 16.4. The number of imide groups is 1. The molecule has 4 heteroatoms. The Bertz CT molecular complexity index is 907. The highest BCUT2D eigenvalue weighted by Gasteiger charge is 2.61.